The average Bonchev–Trinajstić information content (AvgIpc) is 2.57. The summed E-state index contributed by atoms with van der Waals surface area (Å²) in [7, 11) is 0. The number of allylic oxidation sites excluding steroid dienone is 4. The van der Waals surface area contributed by atoms with Gasteiger partial charge in [0.05, 0.1) is 6.10 Å². The van der Waals surface area contributed by atoms with Gasteiger partial charge >= 0.3 is 0 Å². The maximum atomic E-state index is 9.78. The third-order valence-electron chi connectivity index (χ3n) is 3.13. The minimum absolute atomic E-state index is 0. The number of hydrogen-bond donors (Lipinski definition) is 1. The molecule has 0 bridgehead atoms. The van der Waals surface area contributed by atoms with Gasteiger partial charge in [0.2, 0.25) is 0 Å². The van der Waals surface area contributed by atoms with Crippen molar-refractivity contribution in [3.8, 4) is 0 Å². The molecule has 1 unspecified atom stereocenters. The molecular weight excluding hydrogens is 315 g/mol. The van der Waals surface area contributed by atoms with Crippen LogP contribution in [-0.4, -0.2) is 5.11 Å². The van der Waals surface area contributed by atoms with Crippen molar-refractivity contribution in [1.82, 2.24) is 0 Å². The maximum Gasteiger partial charge on any atom is 0.0767 e. The Hall–Kier alpha value is -0.0457. The average molecular weight is 335 g/mol. The molecule has 19 heavy (non-hydrogen) atoms. The van der Waals surface area contributed by atoms with E-state index < -0.39 is 6.10 Å². The number of benzene rings is 1. The molecule has 0 amide bonds. The van der Waals surface area contributed by atoms with Crippen molar-refractivity contribution >= 4 is 30.4 Å². The van der Waals surface area contributed by atoms with Crippen molar-refractivity contribution in [2.24, 2.45) is 0 Å². The summed E-state index contributed by atoms with van der Waals surface area (Å²) >= 11 is 0. The Morgan fingerprint density at radius 2 is 1.68 bits per heavy atom. The number of aliphatic hydroxyl groups is 1. The van der Waals surface area contributed by atoms with Crippen molar-refractivity contribution in [1.29, 1.82) is 0 Å². The number of hydrogen-bond acceptors (Lipinski definition) is 1. The number of aliphatic hydroxyl groups excluding tert-OH is 1. The number of rotatable bonds is 2. The van der Waals surface area contributed by atoms with Gasteiger partial charge in [-0.15, -0.1) is 24.8 Å². The van der Waals surface area contributed by atoms with Gasteiger partial charge in [-0.3, -0.25) is 0 Å². The summed E-state index contributed by atoms with van der Waals surface area (Å²) in [4.78, 5) is 0. The molecule has 4 heteroatoms. The SMILES string of the molecule is CC1=CC(C)=C(c2ccccc2C(C)O)C1.Cl.Cl.[Ti]. The van der Waals surface area contributed by atoms with Crippen LogP contribution in [0.15, 0.2) is 41.5 Å². The van der Waals surface area contributed by atoms with Crippen LogP contribution in [0.1, 0.15) is 44.4 Å². The van der Waals surface area contributed by atoms with Crippen LogP contribution in [-0.2, 0) is 21.7 Å². The Morgan fingerprint density at radius 3 is 2.16 bits per heavy atom. The molecule has 0 saturated heterocycles. The van der Waals surface area contributed by atoms with Gasteiger partial charge in [-0.2, -0.15) is 0 Å². The van der Waals surface area contributed by atoms with Crippen molar-refractivity contribution in [3.05, 3.63) is 52.6 Å². The van der Waals surface area contributed by atoms with Gasteiger partial charge in [-0.05, 0) is 49.5 Å². The van der Waals surface area contributed by atoms with Gasteiger partial charge in [0.15, 0.2) is 0 Å². The molecular formula is C15H20Cl2OTi. The van der Waals surface area contributed by atoms with E-state index in [9.17, 15) is 5.11 Å². The Balaban J connectivity index is 0. The minimum Gasteiger partial charge on any atom is -0.389 e. The summed E-state index contributed by atoms with van der Waals surface area (Å²) in [5.41, 5.74) is 6.30. The maximum absolute atomic E-state index is 9.78. The van der Waals surface area contributed by atoms with Crippen LogP contribution >= 0.6 is 24.8 Å². The molecule has 1 atom stereocenters. The molecule has 0 spiro atoms. The largest absolute Gasteiger partial charge is 0.389 e. The normalized spacial score (nSPS) is 14.8. The predicted octanol–water partition coefficient (Wildman–Crippen LogP) is 4.70. The zero-order valence-corrected chi connectivity index (χ0v) is 14.6. The van der Waals surface area contributed by atoms with Crippen LogP contribution in [0.4, 0.5) is 0 Å². The van der Waals surface area contributed by atoms with Gasteiger partial charge in [-0.25, -0.2) is 0 Å². The molecule has 0 fully saturated rings. The molecule has 1 aromatic rings. The summed E-state index contributed by atoms with van der Waals surface area (Å²) in [6.45, 7) is 6.12. The fourth-order valence-electron chi connectivity index (χ4n) is 2.37. The molecule has 1 aliphatic rings. The molecule has 0 saturated carbocycles. The van der Waals surface area contributed by atoms with Crippen LogP contribution in [0.2, 0.25) is 0 Å². The van der Waals surface area contributed by atoms with Crippen LogP contribution in [0.5, 0.6) is 0 Å². The smallest absolute Gasteiger partial charge is 0.0767 e. The second kappa shape index (κ2) is 8.99. The molecule has 0 aliphatic heterocycles. The second-order valence-corrected chi connectivity index (χ2v) is 4.59. The van der Waals surface area contributed by atoms with Gasteiger partial charge in [0.25, 0.3) is 0 Å². The summed E-state index contributed by atoms with van der Waals surface area (Å²) in [6.07, 6.45) is 2.83. The first kappa shape index (κ1) is 21.3. The van der Waals surface area contributed by atoms with Gasteiger partial charge in [0.1, 0.15) is 0 Å². The van der Waals surface area contributed by atoms with E-state index in [0.717, 1.165) is 12.0 Å². The van der Waals surface area contributed by atoms with E-state index in [1.165, 1.54) is 22.3 Å². The molecule has 2 rings (SSSR count). The summed E-state index contributed by atoms with van der Waals surface area (Å²) in [5, 5.41) is 9.78. The zero-order chi connectivity index (χ0) is 11.7. The monoisotopic (exact) mass is 334 g/mol. The van der Waals surface area contributed by atoms with Crippen LogP contribution in [0.3, 0.4) is 0 Å². The molecule has 0 heterocycles. The predicted molar refractivity (Wildman–Crippen MR) is 82.5 cm³/mol. The Labute approximate surface area is 142 Å². The van der Waals surface area contributed by atoms with Crippen molar-refractivity contribution < 1.29 is 26.8 Å². The van der Waals surface area contributed by atoms with E-state index in [2.05, 4.69) is 26.0 Å². The van der Waals surface area contributed by atoms with Gasteiger partial charge < -0.3 is 5.11 Å². The second-order valence-electron chi connectivity index (χ2n) is 4.59. The van der Waals surface area contributed by atoms with Crippen molar-refractivity contribution in [2.75, 3.05) is 0 Å². The van der Waals surface area contributed by atoms with E-state index in [0.29, 0.717) is 0 Å². The van der Waals surface area contributed by atoms with Crippen molar-refractivity contribution in [3.63, 3.8) is 0 Å². The Kier molecular flexibility index (Phi) is 10.1. The van der Waals surface area contributed by atoms with E-state index in [1.54, 1.807) is 0 Å². The van der Waals surface area contributed by atoms with Crippen LogP contribution in [0.25, 0.3) is 5.57 Å². The molecule has 0 aromatic heterocycles. The first-order valence-corrected chi connectivity index (χ1v) is 5.74. The van der Waals surface area contributed by atoms with Crippen LogP contribution in [0, 0.1) is 0 Å². The minimum atomic E-state index is -0.405. The molecule has 1 N–H and O–H groups in total. The van der Waals surface area contributed by atoms with E-state index in [-0.39, 0.29) is 46.5 Å². The van der Waals surface area contributed by atoms with E-state index in [1.807, 2.05) is 25.1 Å². The topological polar surface area (TPSA) is 20.2 Å². The number of halogens is 2. The standard InChI is InChI=1S/C15H18O.2ClH.Ti/c1-10-8-11(2)15(9-10)14-7-5-4-6-13(14)12(3)16;;;/h4-8,12,16H,9H2,1-3H3;2*1H;. The van der Waals surface area contributed by atoms with E-state index in [4.69, 9.17) is 0 Å². The summed E-state index contributed by atoms with van der Waals surface area (Å²) in [5.74, 6) is 0. The molecule has 1 aliphatic carbocycles. The first-order valence-electron chi connectivity index (χ1n) is 5.74. The van der Waals surface area contributed by atoms with Gasteiger partial charge in [-0.1, -0.05) is 35.9 Å². The van der Waals surface area contributed by atoms with Crippen LogP contribution < -0.4 is 0 Å². The molecule has 1 aromatic carbocycles. The quantitative estimate of drug-likeness (QED) is 0.777. The molecule has 104 valence electrons. The van der Waals surface area contributed by atoms with Crippen molar-refractivity contribution in [2.45, 2.75) is 33.3 Å². The molecule has 0 radical (unpaired) electrons. The third kappa shape index (κ3) is 4.77. The zero-order valence-electron chi connectivity index (χ0n) is 11.4. The Morgan fingerprint density at radius 1 is 1.11 bits per heavy atom. The first-order chi connectivity index (χ1) is 7.59. The Bertz CT molecular complexity index is 479. The molecule has 1 nitrogen and oxygen atoms in total. The third-order valence-corrected chi connectivity index (χ3v) is 3.13. The fraction of sp³-hybridized carbons (Fsp3) is 0.333. The van der Waals surface area contributed by atoms with E-state index >= 15 is 0 Å². The fourth-order valence-corrected chi connectivity index (χ4v) is 2.37. The summed E-state index contributed by atoms with van der Waals surface area (Å²) < 4.78 is 0. The van der Waals surface area contributed by atoms with Gasteiger partial charge in [0, 0.05) is 21.7 Å². The summed E-state index contributed by atoms with van der Waals surface area (Å²) in [6, 6.07) is 8.13.